The van der Waals surface area contributed by atoms with Crippen molar-refractivity contribution in [2.75, 3.05) is 4.90 Å². The Morgan fingerprint density at radius 2 is 1.88 bits per heavy atom. The number of carbonyl (C=O) groups is 2. The highest BCUT2D eigenvalue weighted by atomic mass is 16.2. The van der Waals surface area contributed by atoms with Gasteiger partial charge in [0.05, 0.1) is 0 Å². The molecule has 0 saturated carbocycles. The minimum absolute atomic E-state index is 0.0531. The van der Waals surface area contributed by atoms with E-state index in [1.807, 2.05) is 37.3 Å². The Balaban J connectivity index is 2.39. The van der Waals surface area contributed by atoms with Crippen molar-refractivity contribution in [3.63, 3.8) is 0 Å². The molecule has 2 atom stereocenters. The third-order valence-corrected chi connectivity index (χ3v) is 3.00. The molecule has 1 aliphatic rings. The number of nitrogens with one attached hydrogen (secondary N) is 1. The van der Waals surface area contributed by atoms with E-state index in [0.717, 1.165) is 5.69 Å². The van der Waals surface area contributed by atoms with Gasteiger partial charge < -0.3 is 5.32 Å². The number of carbonyl (C=O) groups excluding carboxylic acids is 2. The Morgan fingerprint density at radius 1 is 1.24 bits per heavy atom. The molecule has 2 rings (SSSR count). The van der Waals surface area contributed by atoms with Gasteiger partial charge in [0.2, 0.25) is 11.8 Å². The molecule has 1 heterocycles. The van der Waals surface area contributed by atoms with Crippen molar-refractivity contribution in [1.29, 1.82) is 0 Å². The summed E-state index contributed by atoms with van der Waals surface area (Å²) < 4.78 is 0. The van der Waals surface area contributed by atoms with Gasteiger partial charge >= 0.3 is 0 Å². The second kappa shape index (κ2) is 4.57. The molecule has 90 valence electrons. The molecule has 0 aliphatic carbocycles. The Kier molecular flexibility index (Phi) is 3.13. The fraction of sp³-hybridized carbons (Fsp3) is 0.385. The van der Waals surface area contributed by atoms with Crippen LogP contribution in [-0.2, 0) is 9.59 Å². The molecule has 1 aromatic carbocycles. The summed E-state index contributed by atoms with van der Waals surface area (Å²) in [5.41, 5.74) is 0.783. The smallest absolute Gasteiger partial charge is 0.250 e. The highest BCUT2D eigenvalue weighted by Gasteiger charge is 2.38. The van der Waals surface area contributed by atoms with Crippen LogP contribution in [0.4, 0.5) is 5.69 Å². The van der Waals surface area contributed by atoms with Crippen LogP contribution in [0.3, 0.4) is 0 Å². The molecule has 2 unspecified atom stereocenters. The lowest BCUT2D eigenvalue weighted by molar-refractivity contribution is -0.133. The summed E-state index contributed by atoms with van der Waals surface area (Å²) in [6.45, 7) is 3.62. The van der Waals surface area contributed by atoms with Gasteiger partial charge in [-0.05, 0) is 25.5 Å². The second-order valence-electron chi connectivity index (χ2n) is 4.20. The van der Waals surface area contributed by atoms with Gasteiger partial charge in [0.15, 0.2) is 0 Å². The molecule has 0 radical (unpaired) electrons. The molecule has 0 spiro atoms. The van der Waals surface area contributed by atoms with Gasteiger partial charge in [0.25, 0.3) is 0 Å². The van der Waals surface area contributed by atoms with Crippen LogP contribution in [0.25, 0.3) is 0 Å². The molecule has 4 nitrogen and oxygen atoms in total. The van der Waals surface area contributed by atoms with Crippen molar-refractivity contribution in [1.82, 2.24) is 5.32 Å². The first-order valence-electron chi connectivity index (χ1n) is 5.83. The Bertz CT molecular complexity index is 430. The predicted octanol–water partition coefficient (Wildman–Crippen LogP) is 1.32. The van der Waals surface area contributed by atoms with Crippen LogP contribution in [0.2, 0.25) is 0 Å². The highest BCUT2D eigenvalue weighted by Crippen LogP contribution is 2.22. The van der Waals surface area contributed by atoms with E-state index in [9.17, 15) is 9.59 Å². The molecular weight excluding hydrogens is 216 g/mol. The van der Waals surface area contributed by atoms with Gasteiger partial charge in [0.1, 0.15) is 12.1 Å². The molecule has 1 fully saturated rings. The van der Waals surface area contributed by atoms with Crippen LogP contribution in [0.15, 0.2) is 30.3 Å². The van der Waals surface area contributed by atoms with Crippen LogP contribution in [-0.4, -0.2) is 23.9 Å². The standard InChI is InChI=1S/C13H16N2O2/c1-3-11-12(16)14-9(2)13(17)15(11)10-7-5-4-6-8-10/h4-9,11H,3H2,1-2H3,(H,14,16). The van der Waals surface area contributed by atoms with Crippen molar-refractivity contribution in [3.05, 3.63) is 30.3 Å². The van der Waals surface area contributed by atoms with E-state index in [4.69, 9.17) is 0 Å². The van der Waals surface area contributed by atoms with E-state index in [1.54, 1.807) is 11.8 Å². The third-order valence-electron chi connectivity index (χ3n) is 3.00. The number of benzene rings is 1. The lowest BCUT2D eigenvalue weighted by Crippen LogP contribution is -2.62. The van der Waals surface area contributed by atoms with E-state index in [-0.39, 0.29) is 11.8 Å². The van der Waals surface area contributed by atoms with Crippen LogP contribution in [0.5, 0.6) is 0 Å². The van der Waals surface area contributed by atoms with Gasteiger partial charge in [-0.2, -0.15) is 0 Å². The molecule has 17 heavy (non-hydrogen) atoms. The third kappa shape index (κ3) is 2.02. The zero-order chi connectivity index (χ0) is 12.4. The second-order valence-corrected chi connectivity index (χ2v) is 4.20. The first-order valence-corrected chi connectivity index (χ1v) is 5.83. The molecule has 0 bridgehead atoms. The number of piperazine rings is 1. The summed E-state index contributed by atoms with van der Waals surface area (Å²) in [5.74, 6) is -0.133. The minimum atomic E-state index is -0.453. The predicted molar refractivity (Wildman–Crippen MR) is 65.6 cm³/mol. The number of nitrogens with zero attached hydrogens (tertiary/aromatic N) is 1. The average molecular weight is 232 g/mol. The van der Waals surface area contributed by atoms with Crippen molar-refractivity contribution in [3.8, 4) is 0 Å². The number of anilines is 1. The molecule has 1 aromatic rings. The van der Waals surface area contributed by atoms with Gasteiger partial charge in [-0.25, -0.2) is 0 Å². The molecule has 1 saturated heterocycles. The monoisotopic (exact) mass is 232 g/mol. The largest absolute Gasteiger partial charge is 0.343 e. The van der Waals surface area contributed by atoms with Gasteiger partial charge in [-0.1, -0.05) is 25.1 Å². The number of hydrogen-bond donors (Lipinski definition) is 1. The molecule has 2 amide bonds. The van der Waals surface area contributed by atoms with Crippen LogP contribution in [0, 0.1) is 0 Å². The quantitative estimate of drug-likeness (QED) is 0.836. The topological polar surface area (TPSA) is 49.4 Å². The number of rotatable bonds is 2. The number of amides is 2. The van der Waals surface area contributed by atoms with Crippen molar-refractivity contribution < 1.29 is 9.59 Å². The summed E-state index contributed by atoms with van der Waals surface area (Å²) in [5, 5.41) is 2.70. The highest BCUT2D eigenvalue weighted by molar-refractivity contribution is 6.08. The average Bonchev–Trinajstić information content (AvgIpc) is 2.34. The van der Waals surface area contributed by atoms with E-state index in [2.05, 4.69) is 5.32 Å². The Hall–Kier alpha value is -1.84. The molecule has 0 aromatic heterocycles. The lowest BCUT2D eigenvalue weighted by atomic mass is 10.0. The van der Waals surface area contributed by atoms with Crippen molar-refractivity contribution in [2.45, 2.75) is 32.4 Å². The van der Waals surface area contributed by atoms with Crippen LogP contribution in [0.1, 0.15) is 20.3 Å². The lowest BCUT2D eigenvalue weighted by Gasteiger charge is -2.37. The summed E-state index contributed by atoms with van der Waals surface area (Å²) in [7, 11) is 0. The fourth-order valence-corrected chi connectivity index (χ4v) is 2.11. The normalized spacial score (nSPS) is 24.7. The molecule has 1 aliphatic heterocycles. The molecule has 1 N–H and O–H groups in total. The summed E-state index contributed by atoms with van der Waals surface area (Å²) in [6, 6.07) is 8.48. The van der Waals surface area contributed by atoms with Crippen molar-refractivity contribution >= 4 is 17.5 Å². The zero-order valence-electron chi connectivity index (χ0n) is 10.0. The molecular formula is C13H16N2O2. The van der Waals surface area contributed by atoms with Crippen LogP contribution < -0.4 is 10.2 Å². The van der Waals surface area contributed by atoms with E-state index < -0.39 is 12.1 Å². The maximum absolute atomic E-state index is 12.2. The van der Waals surface area contributed by atoms with Gasteiger partial charge in [0, 0.05) is 5.69 Å². The van der Waals surface area contributed by atoms with E-state index in [0.29, 0.717) is 6.42 Å². The first kappa shape index (κ1) is 11.6. The molecule has 4 heteroatoms. The summed E-state index contributed by atoms with van der Waals surface area (Å²) in [6.07, 6.45) is 0.610. The summed E-state index contributed by atoms with van der Waals surface area (Å²) >= 11 is 0. The van der Waals surface area contributed by atoms with Gasteiger partial charge in [-0.3, -0.25) is 14.5 Å². The Labute approximate surface area is 101 Å². The van der Waals surface area contributed by atoms with Crippen LogP contribution >= 0.6 is 0 Å². The summed E-state index contributed by atoms with van der Waals surface area (Å²) in [4.78, 5) is 25.6. The van der Waals surface area contributed by atoms with E-state index in [1.165, 1.54) is 0 Å². The van der Waals surface area contributed by atoms with Gasteiger partial charge in [-0.15, -0.1) is 0 Å². The minimum Gasteiger partial charge on any atom is -0.343 e. The maximum atomic E-state index is 12.2. The van der Waals surface area contributed by atoms with E-state index >= 15 is 0 Å². The maximum Gasteiger partial charge on any atom is 0.250 e. The zero-order valence-corrected chi connectivity index (χ0v) is 10.0. The first-order chi connectivity index (χ1) is 8.15. The van der Waals surface area contributed by atoms with Crippen molar-refractivity contribution in [2.24, 2.45) is 0 Å². The number of para-hydroxylation sites is 1. The fourth-order valence-electron chi connectivity index (χ4n) is 2.11. The number of hydrogen-bond acceptors (Lipinski definition) is 2. The Morgan fingerprint density at radius 3 is 2.47 bits per heavy atom. The SMILES string of the molecule is CCC1C(=O)NC(C)C(=O)N1c1ccccc1.